The minimum Gasteiger partial charge on any atom is -0.241 e. The van der Waals surface area contributed by atoms with Crippen molar-refractivity contribution >= 4 is 16.8 Å². The fourth-order valence-corrected chi connectivity index (χ4v) is 1.73. The van der Waals surface area contributed by atoms with Crippen LogP contribution in [0.2, 0.25) is 0 Å². The summed E-state index contributed by atoms with van der Waals surface area (Å²) in [5.41, 5.74) is 2.40. The van der Waals surface area contributed by atoms with Crippen molar-refractivity contribution in [3.05, 3.63) is 36.7 Å². The zero-order valence-electron chi connectivity index (χ0n) is 7.36. The van der Waals surface area contributed by atoms with Gasteiger partial charge in [0, 0.05) is 0 Å². The van der Waals surface area contributed by atoms with Gasteiger partial charge in [-0.05, 0) is 12.1 Å². The van der Waals surface area contributed by atoms with E-state index in [-0.39, 0.29) is 0 Å². The summed E-state index contributed by atoms with van der Waals surface area (Å²) in [5.74, 6) is 1.11. The van der Waals surface area contributed by atoms with E-state index in [4.69, 9.17) is 0 Å². The smallest absolute Gasteiger partial charge is 0.241 e. The van der Waals surface area contributed by atoms with E-state index in [1.165, 1.54) is 11.0 Å². The van der Waals surface area contributed by atoms with Crippen molar-refractivity contribution in [3.63, 3.8) is 0 Å². The topological polar surface area (TPSA) is 24.1 Å². The standard InChI is InChI=1S/C10H9N3/c1-12-6-7-13-9-5-3-2-4-8(9)11-10(12)13/h2-7H,1H3/p+1. The summed E-state index contributed by atoms with van der Waals surface area (Å²) < 4.78 is 4.22. The molecule has 13 heavy (non-hydrogen) atoms. The van der Waals surface area contributed by atoms with E-state index in [1.807, 2.05) is 19.3 Å². The lowest BCUT2D eigenvalue weighted by Gasteiger charge is -1.81. The molecule has 0 aliphatic rings. The Labute approximate surface area is 75.2 Å². The third-order valence-electron chi connectivity index (χ3n) is 2.41. The number of benzene rings is 1. The zero-order valence-corrected chi connectivity index (χ0v) is 7.36. The van der Waals surface area contributed by atoms with Crippen LogP contribution < -0.4 is 4.57 Å². The maximum absolute atomic E-state index is 3.35. The molecule has 64 valence electrons. The van der Waals surface area contributed by atoms with Gasteiger partial charge in [-0.25, -0.2) is 9.55 Å². The molecule has 0 unspecified atom stereocenters. The largest absolute Gasteiger partial charge is 0.367 e. The average molecular weight is 172 g/mol. The Balaban J connectivity index is 2.64. The van der Waals surface area contributed by atoms with Crippen LogP contribution >= 0.6 is 0 Å². The first kappa shape index (κ1) is 6.71. The molecule has 0 saturated heterocycles. The van der Waals surface area contributed by atoms with Crippen LogP contribution in [0, 0.1) is 0 Å². The number of aromatic amines is 1. The molecule has 0 fully saturated rings. The number of aromatic nitrogens is 3. The van der Waals surface area contributed by atoms with Gasteiger partial charge >= 0.3 is 5.78 Å². The van der Waals surface area contributed by atoms with E-state index in [1.54, 1.807) is 0 Å². The number of rotatable bonds is 0. The summed E-state index contributed by atoms with van der Waals surface area (Å²) in [5, 5.41) is 0. The summed E-state index contributed by atoms with van der Waals surface area (Å²) in [6.07, 6.45) is 4.10. The first-order chi connectivity index (χ1) is 6.36. The molecule has 0 amide bonds. The van der Waals surface area contributed by atoms with Gasteiger partial charge in [0.1, 0.15) is 17.2 Å². The number of aryl methyl sites for hydroxylation is 1. The molecule has 2 aromatic heterocycles. The van der Waals surface area contributed by atoms with Gasteiger partial charge in [0.15, 0.2) is 0 Å². The Morgan fingerprint density at radius 2 is 2.15 bits per heavy atom. The van der Waals surface area contributed by atoms with E-state index in [2.05, 4.69) is 38.3 Å². The normalized spacial score (nSPS) is 11.5. The van der Waals surface area contributed by atoms with Crippen LogP contribution in [0.25, 0.3) is 16.8 Å². The maximum atomic E-state index is 3.35. The SMILES string of the molecule is C[n+]1ccn2c3ccccc3[nH]c21. The van der Waals surface area contributed by atoms with Crippen molar-refractivity contribution in [2.75, 3.05) is 0 Å². The molecule has 1 N–H and O–H groups in total. The summed E-state index contributed by atoms with van der Waals surface area (Å²) in [6, 6.07) is 8.29. The molecule has 3 nitrogen and oxygen atoms in total. The van der Waals surface area contributed by atoms with Gasteiger partial charge in [-0.15, -0.1) is 0 Å². The molecule has 3 rings (SSSR count). The van der Waals surface area contributed by atoms with Crippen LogP contribution in [0.4, 0.5) is 0 Å². The highest BCUT2D eigenvalue weighted by molar-refractivity contribution is 5.78. The Bertz CT molecular complexity index is 574. The quantitative estimate of drug-likeness (QED) is 0.493. The number of fused-ring (bicyclic) bond motifs is 3. The predicted molar refractivity (Wildman–Crippen MR) is 50.4 cm³/mol. The number of nitrogens with zero attached hydrogens (tertiary/aromatic N) is 2. The summed E-state index contributed by atoms with van der Waals surface area (Å²) in [6.45, 7) is 0. The van der Waals surface area contributed by atoms with E-state index in [0.717, 1.165) is 5.78 Å². The van der Waals surface area contributed by atoms with Crippen molar-refractivity contribution in [3.8, 4) is 0 Å². The van der Waals surface area contributed by atoms with E-state index in [9.17, 15) is 0 Å². The van der Waals surface area contributed by atoms with Gasteiger partial charge in [0.25, 0.3) is 0 Å². The lowest BCUT2D eigenvalue weighted by Crippen LogP contribution is -2.25. The Kier molecular flexibility index (Phi) is 1.10. The van der Waals surface area contributed by atoms with Crippen molar-refractivity contribution in [1.82, 2.24) is 9.38 Å². The van der Waals surface area contributed by atoms with Crippen molar-refractivity contribution in [2.45, 2.75) is 0 Å². The number of para-hydroxylation sites is 2. The van der Waals surface area contributed by atoms with Crippen molar-refractivity contribution < 1.29 is 4.57 Å². The molecule has 0 spiro atoms. The van der Waals surface area contributed by atoms with Crippen LogP contribution in [-0.2, 0) is 7.05 Å². The molecular weight excluding hydrogens is 162 g/mol. The molecule has 0 aliphatic heterocycles. The highest BCUT2D eigenvalue weighted by atomic mass is 15.2. The minimum atomic E-state index is 1.11. The van der Waals surface area contributed by atoms with Crippen LogP contribution in [0.15, 0.2) is 36.7 Å². The second-order valence-electron chi connectivity index (χ2n) is 3.24. The molecule has 0 aliphatic carbocycles. The molecule has 1 aromatic carbocycles. The highest BCUT2D eigenvalue weighted by Gasteiger charge is 2.11. The minimum absolute atomic E-state index is 1.11. The lowest BCUT2D eigenvalue weighted by molar-refractivity contribution is -0.646. The van der Waals surface area contributed by atoms with Crippen LogP contribution in [0.1, 0.15) is 0 Å². The first-order valence-electron chi connectivity index (χ1n) is 4.30. The number of hydrogen-bond donors (Lipinski definition) is 1. The van der Waals surface area contributed by atoms with Crippen molar-refractivity contribution in [2.24, 2.45) is 7.05 Å². The van der Waals surface area contributed by atoms with Crippen LogP contribution in [0.3, 0.4) is 0 Å². The van der Waals surface area contributed by atoms with Gasteiger partial charge < -0.3 is 0 Å². The molecule has 2 heterocycles. The highest BCUT2D eigenvalue weighted by Crippen LogP contribution is 2.13. The second kappa shape index (κ2) is 2.13. The fourth-order valence-electron chi connectivity index (χ4n) is 1.73. The van der Waals surface area contributed by atoms with E-state index in [0.29, 0.717) is 0 Å². The predicted octanol–water partition coefficient (Wildman–Crippen LogP) is 1.25. The lowest BCUT2D eigenvalue weighted by atomic mass is 10.3. The monoisotopic (exact) mass is 172 g/mol. The summed E-state index contributed by atoms with van der Waals surface area (Å²) in [4.78, 5) is 3.35. The third kappa shape index (κ3) is 0.758. The Morgan fingerprint density at radius 1 is 1.31 bits per heavy atom. The number of H-pyrrole nitrogens is 1. The Morgan fingerprint density at radius 3 is 3.08 bits per heavy atom. The number of imidazole rings is 2. The number of hydrogen-bond acceptors (Lipinski definition) is 0. The van der Waals surface area contributed by atoms with Crippen LogP contribution in [-0.4, -0.2) is 9.38 Å². The van der Waals surface area contributed by atoms with E-state index < -0.39 is 0 Å². The van der Waals surface area contributed by atoms with E-state index >= 15 is 0 Å². The van der Waals surface area contributed by atoms with Crippen LogP contribution in [0.5, 0.6) is 0 Å². The van der Waals surface area contributed by atoms with Crippen molar-refractivity contribution in [1.29, 1.82) is 0 Å². The van der Waals surface area contributed by atoms with Gasteiger partial charge in [0.05, 0.1) is 13.2 Å². The molecular formula is C10H10N3+. The van der Waals surface area contributed by atoms with Gasteiger partial charge in [-0.1, -0.05) is 12.1 Å². The summed E-state index contributed by atoms with van der Waals surface area (Å²) >= 11 is 0. The molecule has 3 heteroatoms. The van der Waals surface area contributed by atoms with Gasteiger partial charge in [0.2, 0.25) is 0 Å². The zero-order chi connectivity index (χ0) is 8.84. The summed E-state index contributed by atoms with van der Waals surface area (Å²) in [7, 11) is 2.03. The number of nitrogens with one attached hydrogen (secondary N) is 1. The molecule has 3 aromatic rings. The first-order valence-corrected chi connectivity index (χ1v) is 4.30. The second-order valence-corrected chi connectivity index (χ2v) is 3.24. The van der Waals surface area contributed by atoms with Gasteiger partial charge in [-0.3, -0.25) is 0 Å². The Hall–Kier alpha value is -1.77. The third-order valence-corrected chi connectivity index (χ3v) is 2.41. The maximum Gasteiger partial charge on any atom is 0.367 e. The molecule has 0 bridgehead atoms. The molecule has 0 saturated carbocycles. The average Bonchev–Trinajstić information content (AvgIpc) is 2.67. The van der Waals surface area contributed by atoms with Gasteiger partial charge in [-0.2, -0.15) is 4.40 Å². The fraction of sp³-hybridized carbons (Fsp3) is 0.100. The molecule has 0 atom stereocenters. The molecule has 0 radical (unpaired) electrons.